The van der Waals surface area contributed by atoms with Crippen molar-refractivity contribution in [2.75, 3.05) is 45.1 Å². The number of hydrogen-bond acceptors (Lipinski definition) is 9. The van der Waals surface area contributed by atoms with Gasteiger partial charge in [0.2, 0.25) is 0 Å². The lowest BCUT2D eigenvalue weighted by Gasteiger charge is -2.32. The third kappa shape index (κ3) is 10.8. The molecule has 5 N–H and O–H groups in total. The van der Waals surface area contributed by atoms with Crippen molar-refractivity contribution in [3.05, 3.63) is 40.3 Å². The molecule has 3 heterocycles. The fourth-order valence-electron chi connectivity index (χ4n) is 4.73. The van der Waals surface area contributed by atoms with Crippen molar-refractivity contribution in [1.29, 1.82) is 0 Å². The number of unbranched alkanes of at least 4 members (excludes halogenated alkanes) is 1. The number of imidazole rings is 1. The van der Waals surface area contributed by atoms with Gasteiger partial charge in [0, 0.05) is 19.1 Å². The van der Waals surface area contributed by atoms with E-state index in [0.29, 0.717) is 42.7 Å². The lowest BCUT2D eigenvalue weighted by Crippen LogP contribution is -2.44. The first-order valence-electron chi connectivity index (χ1n) is 13.7. The van der Waals surface area contributed by atoms with Gasteiger partial charge in [0.15, 0.2) is 11.5 Å². The molecule has 0 bridgehead atoms. The van der Waals surface area contributed by atoms with E-state index in [9.17, 15) is 9.59 Å². The average molecular weight is 651 g/mol. The summed E-state index contributed by atoms with van der Waals surface area (Å²) in [4.78, 5) is 37.1. The summed E-state index contributed by atoms with van der Waals surface area (Å²) in [5.41, 5.74) is 7.44. The van der Waals surface area contributed by atoms with E-state index in [-0.39, 0.29) is 61.2 Å². The summed E-state index contributed by atoms with van der Waals surface area (Å²) >= 11 is 0. The Morgan fingerprint density at radius 1 is 1.12 bits per heavy atom. The molecule has 15 heteroatoms. The second-order valence-corrected chi connectivity index (χ2v) is 9.86. The molecule has 0 atom stereocenters. The number of likely N-dealkylation sites (tertiary alicyclic amines) is 1. The quantitative estimate of drug-likeness (QED) is 0.180. The van der Waals surface area contributed by atoms with E-state index < -0.39 is 5.97 Å². The van der Waals surface area contributed by atoms with Crippen molar-refractivity contribution < 1.29 is 19.4 Å². The van der Waals surface area contributed by atoms with Crippen molar-refractivity contribution in [3.63, 3.8) is 0 Å². The minimum absolute atomic E-state index is 0. The molecule has 42 heavy (non-hydrogen) atoms. The maximum Gasteiger partial charge on any atom is 0.327 e. The summed E-state index contributed by atoms with van der Waals surface area (Å²) < 4.78 is 13.0. The molecule has 4 rings (SSSR count). The molecule has 1 fully saturated rings. The predicted molar refractivity (Wildman–Crippen MR) is 170 cm³/mol. The van der Waals surface area contributed by atoms with E-state index >= 15 is 0 Å². The molecule has 1 aromatic carbocycles. The minimum atomic E-state index is -0.850. The van der Waals surface area contributed by atoms with Gasteiger partial charge in [0.05, 0.1) is 13.0 Å². The zero-order chi connectivity index (χ0) is 27.6. The first-order chi connectivity index (χ1) is 18.9. The Labute approximate surface area is 264 Å². The fraction of sp³-hybridized carbons (Fsp3) is 0.556. The lowest BCUT2D eigenvalue weighted by molar-refractivity contribution is -0.136. The number of aliphatic carboxylic acids is 1. The molecule has 1 saturated heterocycles. The van der Waals surface area contributed by atoms with E-state index in [2.05, 4.69) is 32.1 Å². The first kappa shape index (κ1) is 37.3. The Morgan fingerprint density at radius 3 is 2.60 bits per heavy atom. The molecule has 0 aliphatic carbocycles. The first-order valence-corrected chi connectivity index (χ1v) is 13.7. The van der Waals surface area contributed by atoms with Crippen LogP contribution >= 0.6 is 37.2 Å². The van der Waals surface area contributed by atoms with Gasteiger partial charge >= 0.3 is 17.7 Å². The Kier molecular flexibility index (Phi) is 16.6. The number of nitrogens with one attached hydrogen (secondary N) is 2. The number of aromatic nitrogens is 4. The maximum absolute atomic E-state index is 12.5. The van der Waals surface area contributed by atoms with Crippen LogP contribution in [0.1, 0.15) is 44.6 Å². The number of anilines is 1. The summed E-state index contributed by atoms with van der Waals surface area (Å²) in [6.07, 6.45) is 4.75. The Balaban J connectivity index is 0.00000294. The van der Waals surface area contributed by atoms with Crippen LogP contribution < -0.4 is 26.2 Å². The van der Waals surface area contributed by atoms with Gasteiger partial charge in [-0.1, -0.05) is 25.5 Å². The monoisotopic (exact) mass is 649 g/mol. The number of hydrogen-bond donors (Lipinski definition) is 4. The average Bonchev–Trinajstić information content (AvgIpc) is 3.23. The number of carboxylic acid groups (broad SMARTS) is 1. The number of ether oxygens (including phenoxy) is 2. The molecule has 1 aliphatic rings. The highest BCUT2D eigenvalue weighted by molar-refractivity contribution is 5.86. The molecule has 0 saturated carbocycles. The molecule has 236 valence electrons. The number of aryl methyl sites for hydroxylation is 1. The summed E-state index contributed by atoms with van der Waals surface area (Å²) in [7, 11) is 0. The number of nitrogens with two attached hydrogens (primary N) is 1. The molecule has 2 aromatic heterocycles. The smallest absolute Gasteiger partial charge is 0.327 e. The van der Waals surface area contributed by atoms with Crippen LogP contribution in [0.15, 0.2) is 29.1 Å². The van der Waals surface area contributed by atoms with Crippen LogP contribution in [0.4, 0.5) is 5.82 Å². The van der Waals surface area contributed by atoms with Crippen LogP contribution in [0.2, 0.25) is 0 Å². The summed E-state index contributed by atoms with van der Waals surface area (Å²) in [5, 5.41) is 12.6. The summed E-state index contributed by atoms with van der Waals surface area (Å²) in [6, 6.07) is 7.89. The van der Waals surface area contributed by atoms with Crippen LogP contribution in [0.5, 0.6) is 11.8 Å². The molecular weight excluding hydrogens is 609 g/mol. The number of halogens is 3. The Bertz CT molecular complexity index is 1300. The standard InChI is InChI=1S/C27H39N7O5.3ClH/c1-2-3-15-39-26-31-24(28)23-25(32-26)34(27(37)30-23)11-5-10-29-20-8-12-33(13-9-20)14-16-38-21-7-4-6-19(17-21)18-22(35)36;;;/h4,6-7,17,20,29H,2-3,5,8-16,18H2,1H3,(H,30,37)(H,35,36)(H2,28,31,32);3*1H. The third-order valence-electron chi connectivity index (χ3n) is 6.87. The zero-order valence-electron chi connectivity index (χ0n) is 23.8. The Hall–Kier alpha value is -2.77. The molecule has 0 spiro atoms. The van der Waals surface area contributed by atoms with Gasteiger partial charge in [-0.05, 0) is 63.0 Å². The number of nitrogen functional groups attached to an aromatic ring is 1. The number of piperidine rings is 1. The van der Waals surface area contributed by atoms with Crippen molar-refractivity contribution >= 4 is 60.2 Å². The number of rotatable bonds is 15. The number of carboxylic acids is 1. The lowest BCUT2D eigenvalue weighted by atomic mass is 10.1. The van der Waals surface area contributed by atoms with Gasteiger partial charge in [-0.2, -0.15) is 9.97 Å². The maximum atomic E-state index is 12.5. The number of aromatic amines is 1. The molecule has 12 nitrogen and oxygen atoms in total. The topological polar surface area (TPSA) is 161 Å². The largest absolute Gasteiger partial charge is 0.492 e. The number of fused-ring (bicyclic) bond motifs is 1. The highest BCUT2D eigenvalue weighted by atomic mass is 35.5. The van der Waals surface area contributed by atoms with E-state index in [1.807, 2.05) is 12.1 Å². The van der Waals surface area contributed by atoms with Gasteiger partial charge in [-0.25, -0.2) is 4.79 Å². The third-order valence-corrected chi connectivity index (χ3v) is 6.87. The second-order valence-electron chi connectivity index (χ2n) is 9.86. The Morgan fingerprint density at radius 2 is 1.88 bits per heavy atom. The molecule has 1 aliphatic heterocycles. The van der Waals surface area contributed by atoms with E-state index in [0.717, 1.165) is 63.8 Å². The number of nitrogens with zero attached hydrogens (tertiary/aromatic N) is 4. The van der Waals surface area contributed by atoms with Gasteiger partial charge in [-0.3, -0.25) is 14.3 Å². The van der Waals surface area contributed by atoms with E-state index in [1.165, 1.54) is 0 Å². The fourth-order valence-corrected chi connectivity index (χ4v) is 4.73. The van der Waals surface area contributed by atoms with Gasteiger partial charge in [0.25, 0.3) is 0 Å². The molecule has 0 amide bonds. The van der Waals surface area contributed by atoms with Crippen LogP contribution in [0.25, 0.3) is 11.2 Å². The van der Waals surface area contributed by atoms with Gasteiger partial charge in [-0.15, -0.1) is 37.2 Å². The molecule has 0 radical (unpaired) electrons. The van der Waals surface area contributed by atoms with Crippen molar-refractivity contribution in [1.82, 2.24) is 29.7 Å². The summed E-state index contributed by atoms with van der Waals surface area (Å²) in [6.45, 7) is 7.25. The molecular formula is C27H42Cl3N7O5. The van der Waals surface area contributed by atoms with Crippen molar-refractivity contribution in [2.45, 2.75) is 58.0 Å². The number of H-pyrrole nitrogens is 1. The SMILES string of the molecule is CCCCOc1nc(N)c2[nH]c(=O)n(CCCNC3CCN(CCOc4cccc(CC(=O)O)c4)CC3)c2n1.Cl.Cl.Cl. The molecule has 3 aromatic rings. The number of carbonyl (C=O) groups is 1. The van der Waals surface area contributed by atoms with Crippen LogP contribution in [-0.4, -0.2) is 80.9 Å². The van der Waals surface area contributed by atoms with Crippen LogP contribution in [-0.2, 0) is 17.8 Å². The highest BCUT2D eigenvalue weighted by Crippen LogP contribution is 2.18. The van der Waals surface area contributed by atoms with Crippen molar-refractivity contribution in [2.24, 2.45) is 0 Å². The van der Waals surface area contributed by atoms with E-state index in [1.54, 1.807) is 16.7 Å². The van der Waals surface area contributed by atoms with Gasteiger partial charge in [0.1, 0.15) is 17.9 Å². The van der Waals surface area contributed by atoms with Crippen LogP contribution in [0.3, 0.4) is 0 Å². The number of benzene rings is 1. The van der Waals surface area contributed by atoms with Crippen LogP contribution in [0, 0.1) is 0 Å². The normalized spacial score (nSPS) is 13.5. The molecule has 0 unspecified atom stereocenters. The minimum Gasteiger partial charge on any atom is -0.492 e. The highest BCUT2D eigenvalue weighted by Gasteiger charge is 2.19. The second kappa shape index (κ2) is 18.7. The summed E-state index contributed by atoms with van der Waals surface area (Å²) in [5.74, 6) is 0.0652. The van der Waals surface area contributed by atoms with Gasteiger partial charge < -0.3 is 30.6 Å². The zero-order valence-corrected chi connectivity index (χ0v) is 26.2. The predicted octanol–water partition coefficient (Wildman–Crippen LogP) is 3.30. The van der Waals surface area contributed by atoms with Crippen molar-refractivity contribution in [3.8, 4) is 11.8 Å². The van der Waals surface area contributed by atoms with E-state index in [4.69, 9.17) is 20.3 Å².